The molecule has 12 nitrogen and oxygen atoms in total. The van der Waals surface area contributed by atoms with Crippen LogP contribution in [-0.2, 0) is 20.7 Å². The van der Waals surface area contributed by atoms with Crippen LogP contribution in [0.15, 0.2) is 18.2 Å². The molecule has 39 heavy (non-hydrogen) atoms. The van der Waals surface area contributed by atoms with Gasteiger partial charge in [-0.15, -0.1) is 0 Å². The first-order valence-corrected chi connectivity index (χ1v) is 12.4. The van der Waals surface area contributed by atoms with Crippen molar-refractivity contribution in [2.45, 2.75) is 62.4 Å². The minimum atomic E-state index is -2.24. The number of ether oxygens (including phenoxy) is 3. The molecule has 5 rings (SSSR count). The molecule has 2 aromatic rings. The summed E-state index contributed by atoms with van der Waals surface area (Å²) in [6.45, 7) is 0.560. The van der Waals surface area contributed by atoms with E-state index in [-0.39, 0.29) is 34.4 Å². The second-order valence-electron chi connectivity index (χ2n) is 10.2. The van der Waals surface area contributed by atoms with E-state index in [9.17, 15) is 39.9 Å². The van der Waals surface area contributed by atoms with Crippen LogP contribution in [0.3, 0.4) is 0 Å². The molecule has 2 aromatic carbocycles. The molecule has 1 saturated heterocycles. The lowest BCUT2D eigenvalue weighted by atomic mass is 9.72. The molecular weight excluding hydrogens is 514 g/mol. The normalized spacial score (nSPS) is 29.8. The topological polar surface area (TPSA) is 206 Å². The molecule has 0 bridgehead atoms. The minimum Gasteiger partial charge on any atom is -0.507 e. The average Bonchev–Trinajstić information content (AvgIpc) is 2.90. The number of methoxy groups -OCH3 is 1. The Morgan fingerprint density at radius 3 is 2.49 bits per heavy atom. The van der Waals surface area contributed by atoms with Crippen molar-refractivity contribution in [1.29, 1.82) is 0 Å². The molecule has 0 spiro atoms. The minimum absolute atomic E-state index is 0.0173. The highest BCUT2D eigenvalue weighted by atomic mass is 16.7. The third kappa shape index (κ3) is 4.11. The van der Waals surface area contributed by atoms with Gasteiger partial charge >= 0.3 is 0 Å². The van der Waals surface area contributed by atoms with Crippen molar-refractivity contribution in [2.75, 3.05) is 13.7 Å². The highest BCUT2D eigenvalue weighted by Gasteiger charge is 2.50. The van der Waals surface area contributed by atoms with Crippen LogP contribution in [-0.4, -0.2) is 86.7 Å². The summed E-state index contributed by atoms with van der Waals surface area (Å²) in [5, 5.41) is 53.7. The number of aliphatic hydroxyl groups excluding tert-OH is 2. The highest BCUT2D eigenvalue weighted by molar-refractivity contribution is 6.31. The third-order valence-corrected chi connectivity index (χ3v) is 7.81. The van der Waals surface area contributed by atoms with Gasteiger partial charge in [0.2, 0.25) is 5.78 Å². The van der Waals surface area contributed by atoms with E-state index in [1.807, 2.05) is 0 Å². The van der Waals surface area contributed by atoms with Crippen molar-refractivity contribution in [3.8, 4) is 17.2 Å². The number of carbonyl (C=O) groups is 3. The first-order valence-electron chi connectivity index (χ1n) is 12.4. The maximum absolute atomic E-state index is 13.6. The molecule has 0 saturated carbocycles. The van der Waals surface area contributed by atoms with Crippen molar-refractivity contribution in [3.05, 3.63) is 51.6 Å². The lowest BCUT2D eigenvalue weighted by Gasteiger charge is -2.42. The summed E-state index contributed by atoms with van der Waals surface area (Å²) in [5.74, 6) is -3.77. The number of hydrogen-bond donors (Lipinski definition) is 6. The van der Waals surface area contributed by atoms with Crippen LogP contribution >= 0.6 is 0 Å². The molecule has 1 fully saturated rings. The van der Waals surface area contributed by atoms with Gasteiger partial charge in [0.25, 0.3) is 0 Å². The zero-order valence-electron chi connectivity index (χ0n) is 21.2. The van der Waals surface area contributed by atoms with Crippen molar-refractivity contribution < 1.29 is 54.1 Å². The van der Waals surface area contributed by atoms with Crippen LogP contribution < -0.4 is 10.5 Å². The Labute approximate surface area is 222 Å². The first-order chi connectivity index (χ1) is 18.4. The number of Topliss-reactive ketones (excluding diaryl/α,β-unsaturated/α-hetero) is 1. The Hall–Kier alpha value is -3.39. The number of fused-ring (bicyclic) bond motifs is 3. The molecule has 0 radical (unpaired) electrons. The molecule has 1 unspecified atom stereocenters. The van der Waals surface area contributed by atoms with Crippen molar-refractivity contribution in [2.24, 2.45) is 5.73 Å². The predicted octanol–water partition coefficient (Wildman–Crippen LogP) is 0.00130. The van der Waals surface area contributed by atoms with Gasteiger partial charge in [-0.2, -0.15) is 0 Å². The molecule has 7 N–H and O–H groups in total. The largest absolute Gasteiger partial charge is 0.507 e. The van der Waals surface area contributed by atoms with Gasteiger partial charge in [0.15, 0.2) is 17.9 Å². The number of aliphatic hydroxyl groups is 3. The highest BCUT2D eigenvalue weighted by Crippen LogP contribution is 2.52. The lowest BCUT2D eigenvalue weighted by molar-refractivity contribution is -0.247. The number of phenols is 2. The number of rotatable bonds is 5. The number of carbonyl (C=O) groups excluding carboxylic acids is 3. The number of nitrogens with two attached hydrogens (primary N) is 1. The molecule has 0 aromatic heterocycles. The fraction of sp³-hybridized carbons (Fsp3) is 0.444. The molecule has 12 heteroatoms. The summed E-state index contributed by atoms with van der Waals surface area (Å²) in [6, 6.07) is 3.64. The van der Waals surface area contributed by atoms with E-state index in [0.717, 1.165) is 0 Å². The summed E-state index contributed by atoms with van der Waals surface area (Å²) in [6.07, 6.45) is -5.12. The molecule has 1 aliphatic heterocycles. The van der Waals surface area contributed by atoms with Gasteiger partial charge in [-0.1, -0.05) is 12.1 Å². The predicted molar refractivity (Wildman–Crippen MR) is 132 cm³/mol. The van der Waals surface area contributed by atoms with Crippen molar-refractivity contribution in [1.82, 2.24) is 0 Å². The van der Waals surface area contributed by atoms with E-state index in [0.29, 0.717) is 0 Å². The molecule has 0 amide bonds. The van der Waals surface area contributed by atoms with E-state index in [1.54, 1.807) is 6.92 Å². The van der Waals surface area contributed by atoms with Gasteiger partial charge in [-0.05, 0) is 13.0 Å². The summed E-state index contributed by atoms with van der Waals surface area (Å²) < 4.78 is 17.0. The second kappa shape index (κ2) is 9.66. The zero-order chi connectivity index (χ0) is 28.4. The number of ketones is 3. The van der Waals surface area contributed by atoms with Crippen LogP contribution in [0, 0.1) is 0 Å². The van der Waals surface area contributed by atoms with Crippen LogP contribution in [0.2, 0.25) is 0 Å². The SMILES string of the molecule is COc1cccc2c1C(=O)c1c(O)c3c(c(O)c1C2=O)C[C@@](O)(C(=O)CO)C[C@@H]3OC1C[C@@H](N)[C@@H](O)[C@@H](C)O1. The molecule has 6 atom stereocenters. The van der Waals surface area contributed by atoms with Gasteiger partial charge in [-0.3, -0.25) is 14.4 Å². The standard InChI is InChI=1S/C27H29NO11/c1-10-22(31)13(28)6-17(38-10)39-15-8-27(36,16(30)9-29)7-12-19(15)26(35)21-20(24(12)33)23(32)11-4-3-5-14(37-2)18(11)25(21)34/h3-5,10,13,15,17,22,29,31,33,35-36H,6-9,28H2,1-2H3/t10-,13-,15+,17?,22+,27+/m1/s1. The fourth-order valence-corrected chi connectivity index (χ4v) is 5.75. The van der Waals surface area contributed by atoms with Gasteiger partial charge in [0.05, 0.1) is 42.1 Å². The zero-order valence-corrected chi connectivity index (χ0v) is 21.2. The van der Waals surface area contributed by atoms with Crippen molar-refractivity contribution in [3.63, 3.8) is 0 Å². The molecule has 1 heterocycles. The number of hydrogen-bond acceptors (Lipinski definition) is 12. The average molecular weight is 544 g/mol. The smallest absolute Gasteiger partial charge is 0.202 e. The van der Waals surface area contributed by atoms with E-state index in [2.05, 4.69) is 0 Å². The Kier molecular flexibility index (Phi) is 6.74. The molecular formula is C27H29NO11. The van der Waals surface area contributed by atoms with Gasteiger partial charge < -0.3 is 45.5 Å². The summed E-state index contributed by atoms with van der Waals surface area (Å²) in [5.41, 5.74) is 2.37. The van der Waals surface area contributed by atoms with Crippen LogP contribution in [0.25, 0.3) is 0 Å². The van der Waals surface area contributed by atoms with E-state index in [4.69, 9.17) is 19.9 Å². The second-order valence-corrected chi connectivity index (χ2v) is 10.2. The van der Waals surface area contributed by atoms with Gasteiger partial charge in [-0.25, -0.2) is 0 Å². The van der Waals surface area contributed by atoms with Crippen LogP contribution in [0.1, 0.15) is 68.8 Å². The molecule has 3 aliphatic rings. The van der Waals surface area contributed by atoms with E-state index >= 15 is 0 Å². The Morgan fingerprint density at radius 1 is 1.15 bits per heavy atom. The number of aromatic hydroxyl groups is 2. The van der Waals surface area contributed by atoms with Crippen LogP contribution in [0.4, 0.5) is 0 Å². The fourth-order valence-electron chi connectivity index (χ4n) is 5.75. The third-order valence-electron chi connectivity index (χ3n) is 7.81. The van der Waals surface area contributed by atoms with E-state index in [1.165, 1.54) is 25.3 Å². The number of phenolic OH excluding ortho intramolecular Hbond substituents is 2. The monoisotopic (exact) mass is 543 g/mol. The summed E-state index contributed by atoms with van der Waals surface area (Å²) in [4.78, 5) is 39.7. The van der Waals surface area contributed by atoms with E-state index < -0.39 is 95.7 Å². The van der Waals surface area contributed by atoms with Crippen LogP contribution in [0.5, 0.6) is 17.2 Å². The Morgan fingerprint density at radius 2 is 1.85 bits per heavy atom. The summed E-state index contributed by atoms with van der Waals surface area (Å²) >= 11 is 0. The molecule has 2 aliphatic carbocycles. The van der Waals surface area contributed by atoms with Crippen molar-refractivity contribution >= 4 is 17.3 Å². The Balaban J connectivity index is 1.69. The quantitative estimate of drug-likeness (QED) is 0.235. The van der Waals surface area contributed by atoms with Gasteiger partial charge in [0, 0.05) is 42.0 Å². The van der Waals surface area contributed by atoms with Gasteiger partial charge in [0.1, 0.15) is 29.5 Å². The maximum atomic E-state index is 13.6. The maximum Gasteiger partial charge on any atom is 0.202 e. The summed E-state index contributed by atoms with van der Waals surface area (Å²) in [7, 11) is 1.32. The Bertz CT molecular complexity index is 1380. The lowest BCUT2D eigenvalue weighted by Crippen LogP contribution is -2.53. The first kappa shape index (κ1) is 27.2. The number of benzene rings is 2. The molecule has 208 valence electrons.